The number of nitrogens with zero attached hydrogens (tertiary/aromatic N) is 3. The van der Waals surface area contributed by atoms with Crippen molar-refractivity contribution in [3.05, 3.63) is 75.8 Å². The summed E-state index contributed by atoms with van der Waals surface area (Å²) < 4.78 is 1.61. The minimum Gasteiger partial charge on any atom is -0.338 e. The SMILES string of the molecule is Cc1cccc2c(=O)n(CCCC(=O)N3CCc4ccccc4C3)cnc12. The highest BCUT2D eigenvalue weighted by Gasteiger charge is 2.19. The molecule has 0 saturated carbocycles. The van der Waals surface area contributed by atoms with Gasteiger partial charge in [0.25, 0.3) is 5.56 Å². The molecule has 1 amide bonds. The van der Waals surface area contributed by atoms with Crippen LogP contribution in [-0.4, -0.2) is 26.9 Å². The number of amides is 1. The molecule has 0 fully saturated rings. The molecule has 0 N–H and O–H groups in total. The third-order valence-corrected chi connectivity index (χ3v) is 5.33. The molecule has 4 rings (SSSR count). The number of fused-ring (bicyclic) bond motifs is 2. The summed E-state index contributed by atoms with van der Waals surface area (Å²) in [5.74, 6) is 0.155. The zero-order valence-electron chi connectivity index (χ0n) is 15.5. The Morgan fingerprint density at radius 3 is 2.78 bits per heavy atom. The van der Waals surface area contributed by atoms with E-state index >= 15 is 0 Å². The molecule has 3 aromatic rings. The number of aryl methyl sites for hydroxylation is 2. The van der Waals surface area contributed by atoms with Crippen LogP contribution in [0, 0.1) is 6.92 Å². The van der Waals surface area contributed by atoms with Gasteiger partial charge in [0.2, 0.25) is 5.91 Å². The number of rotatable bonds is 4. The van der Waals surface area contributed by atoms with Crippen LogP contribution in [0.5, 0.6) is 0 Å². The highest BCUT2D eigenvalue weighted by atomic mass is 16.2. The van der Waals surface area contributed by atoms with Gasteiger partial charge in [-0.25, -0.2) is 4.98 Å². The Morgan fingerprint density at radius 1 is 1.11 bits per heavy atom. The van der Waals surface area contributed by atoms with E-state index in [0.29, 0.717) is 31.3 Å². The summed E-state index contributed by atoms with van der Waals surface area (Å²) in [6.07, 6.45) is 3.59. The molecular formula is C22H23N3O2. The van der Waals surface area contributed by atoms with Gasteiger partial charge in [0, 0.05) is 26.1 Å². The fraction of sp³-hybridized carbons (Fsp3) is 0.318. The molecule has 0 radical (unpaired) electrons. The van der Waals surface area contributed by atoms with Crippen molar-refractivity contribution in [1.82, 2.24) is 14.5 Å². The number of hydrogen-bond acceptors (Lipinski definition) is 3. The van der Waals surface area contributed by atoms with Gasteiger partial charge >= 0.3 is 0 Å². The first-order valence-electron chi connectivity index (χ1n) is 9.43. The molecule has 1 aliphatic heterocycles. The summed E-state index contributed by atoms with van der Waals surface area (Å²) in [5.41, 5.74) is 4.29. The molecule has 5 heteroatoms. The maximum Gasteiger partial charge on any atom is 0.261 e. The minimum atomic E-state index is -0.0388. The first kappa shape index (κ1) is 17.5. The average Bonchev–Trinajstić information content (AvgIpc) is 2.70. The van der Waals surface area contributed by atoms with Crippen molar-refractivity contribution in [3.8, 4) is 0 Å². The fourth-order valence-corrected chi connectivity index (χ4v) is 3.76. The van der Waals surface area contributed by atoms with E-state index in [4.69, 9.17) is 0 Å². The third kappa shape index (κ3) is 3.50. The Kier molecular flexibility index (Phi) is 4.75. The van der Waals surface area contributed by atoms with Gasteiger partial charge < -0.3 is 4.90 Å². The van der Waals surface area contributed by atoms with Gasteiger partial charge in [-0.15, -0.1) is 0 Å². The highest BCUT2D eigenvalue weighted by Crippen LogP contribution is 2.19. The number of para-hydroxylation sites is 1. The molecule has 0 bridgehead atoms. The Bertz CT molecular complexity index is 1050. The zero-order chi connectivity index (χ0) is 18.8. The molecule has 0 aliphatic carbocycles. The van der Waals surface area contributed by atoms with Crippen LogP contribution in [0.3, 0.4) is 0 Å². The lowest BCUT2D eigenvalue weighted by atomic mass is 9.99. The number of carbonyl (C=O) groups is 1. The summed E-state index contributed by atoms with van der Waals surface area (Å²) in [7, 11) is 0. The summed E-state index contributed by atoms with van der Waals surface area (Å²) in [5, 5.41) is 0.636. The Labute approximate surface area is 158 Å². The van der Waals surface area contributed by atoms with E-state index in [-0.39, 0.29) is 11.5 Å². The van der Waals surface area contributed by atoms with Crippen LogP contribution >= 0.6 is 0 Å². The standard InChI is InChI=1S/C22H23N3O2/c1-16-6-4-9-19-21(16)23-15-25(22(19)27)12-5-10-20(26)24-13-11-17-7-2-3-8-18(17)14-24/h2-4,6-9,15H,5,10-14H2,1H3. The van der Waals surface area contributed by atoms with Crippen molar-refractivity contribution >= 4 is 16.8 Å². The quantitative estimate of drug-likeness (QED) is 0.718. The smallest absolute Gasteiger partial charge is 0.261 e. The van der Waals surface area contributed by atoms with Crippen LogP contribution in [0.2, 0.25) is 0 Å². The van der Waals surface area contributed by atoms with Crippen LogP contribution in [0.4, 0.5) is 0 Å². The van der Waals surface area contributed by atoms with Gasteiger partial charge in [-0.3, -0.25) is 14.2 Å². The zero-order valence-corrected chi connectivity index (χ0v) is 15.5. The number of benzene rings is 2. The summed E-state index contributed by atoms with van der Waals surface area (Å²) in [6, 6.07) is 13.9. The predicted molar refractivity (Wildman–Crippen MR) is 106 cm³/mol. The number of hydrogen-bond donors (Lipinski definition) is 0. The van der Waals surface area contributed by atoms with Crippen LogP contribution in [-0.2, 0) is 24.3 Å². The van der Waals surface area contributed by atoms with E-state index in [1.54, 1.807) is 10.9 Å². The second-order valence-corrected chi connectivity index (χ2v) is 7.15. The molecule has 2 aromatic carbocycles. The van der Waals surface area contributed by atoms with Gasteiger partial charge in [0.05, 0.1) is 17.2 Å². The Morgan fingerprint density at radius 2 is 1.93 bits per heavy atom. The molecule has 0 spiro atoms. The van der Waals surface area contributed by atoms with E-state index in [2.05, 4.69) is 17.1 Å². The largest absolute Gasteiger partial charge is 0.338 e. The van der Waals surface area contributed by atoms with E-state index in [1.807, 2.05) is 42.2 Å². The summed E-state index contributed by atoms with van der Waals surface area (Å²) in [6.45, 7) is 3.92. The van der Waals surface area contributed by atoms with Crippen molar-refractivity contribution in [3.63, 3.8) is 0 Å². The fourth-order valence-electron chi connectivity index (χ4n) is 3.76. The van der Waals surface area contributed by atoms with E-state index in [1.165, 1.54) is 11.1 Å². The van der Waals surface area contributed by atoms with Crippen molar-refractivity contribution in [2.24, 2.45) is 0 Å². The predicted octanol–water partition coefficient (Wildman–Crippen LogP) is 3.07. The first-order valence-corrected chi connectivity index (χ1v) is 9.43. The first-order chi connectivity index (χ1) is 13.1. The molecule has 1 aromatic heterocycles. The van der Waals surface area contributed by atoms with Crippen molar-refractivity contribution in [1.29, 1.82) is 0 Å². The number of carbonyl (C=O) groups excluding carboxylic acids is 1. The second-order valence-electron chi connectivity index (χ2n) is 7.15. The normalized spacial score (nSPS) is 13.6. The van der Waals surface area contributed by atoms with E-state index in [0.717, 1.165) is 24.0 Å². The Hall–Kier alpha value is -2.95. The van der Waals surface area contributed by atoms with Gasteiger partial charge in [0.1, 0.15) is 0 Å². The Balaban J connectivity index is 1.39. The monoisotopic (exact) mass is 361 g/mol. The molecule has 2 heterocycles. The van der Waals surface area contributed by atoms with Gasteiger partial charge in [-0.05, 0) is 42.5 Å². The lowest BCUT2D eigenvalue weighted by Gasteiger charge is -2.29. The van der Waals surface area contributed by atoms with Crippen molar-refractivity contribution in [2.75, 3.05) is 6.54 Å². The van der Waals surface area contributed by atoms with Crippen molar-refractivity contribution in [2.45, 2.75) is 39.3 Å². The lowest BCUT2D eigenvalue weighted by Crippen LogP contribution is -2.36. The molecular weight excluding hydrogens is 338 g/mol. The molecule has 1 aliphatic rings. The summed E-state index contributed by atoms with van der Waals surface area (Å²) in [4.78, 5) is 31.5. The van der Waals surface area contributed by atoms with E-state index < -0.39 is 0 Å². The topological polar surface area (TPSA) is 55.2 Å². The number of aromatic nitrogens is 2. The van der Waals surface area contributed by atoms with Crippen LogP contribution in [0.25, 0.3) is 10.9 Å². The van der Waals surface area contributed by atoms with E-state index in [9.17, 15) is 9.59 Å². The van der Waals surface area contributed by atoms with Gasteiger partial charge in [-0.1, -0.05) is 36.4 Å². The molecule has 0 atom stereocenters. The molecule has 138 valence electrons. The maximum absolute atomic E-state index is 12.6. The maximum atomic E-state index is 12.6. The molecule has 0 saturated heterocycles. The van der Waals surface area contributed by atoms with Crippen LogP contribution in [0.1, 0.15) is 29.5 Å². The molecule has 27 heavy (non-hydrogen) atoms. The van der Waals surface area contributed by atoms with Crippen LogP contribution in [0.15, 0.2) is 53.6 Å². The third-order valence-electron chi connectivity index (χ3n) is 5.33. The average molecular weight is 361 g/mol. The summed E-state index contributed by atoms with van der Waals surface area (Å²) >= 11 is 0. The second kappa shape index (κ2) is 7.35. The lowest BCUT2D eigenvalue weighted by molar-refractivity contribution is -0.132. The van der Waals surface area contributed by atoms with Gasteiger partial charge in [0.15, 0.2) is 0 Å². The minimum absolute atomic E-state index is 0.0388. The highest BCUT2D eigenvalue weighted by molar-refractivity contribution is 5.80. The molecule has 0 unspecified atom stereocenters. The van der Waals surface area contributed by atoms with Gasteiger partial charge in [-0.2, -0.15) is 0 Å². The molecule has 5 nitrogen and oxygen atoms in total. The van der Waals surface area contributed by atoms with Crippen LogP contribution < -0.4 is 5.56 Å². The van der Waals surface area contributed by atoms with Crippen molar-refractivity contribution < 1.29 is 4.79 Å².